The molecule has 142 valence electrons. The molecule has 2 heterocycles. The molecular weight excluding hydrogens is 350 g/mol. The van der Waals surface area contributed by atoms with E-state index in [0.29, 0.717) is 18.2 Å². The predicted molar refractivity (Wildman–Crippen MR) is 110 cm³/mol. The van der Waals surface area contributed by atoms with Crippen molar-refractivity contribution in [1.29, 1.82) is 0 Å². The van der Waals surface area contributed by atoms with E-state index in [2.05, 4.69) is 40.3 Å². The molecule has 1 amide bonds. The van der Waals surface area contributed by atoms with Crippen molar-refractivity contribution in [2.45, 2.75) is 25.9 Å². The molecule has 1 aliphatic rings. The number of carbonyl (C=O) groups is 1. The smallest absolute Gasteiger partial charge is 0.253 e. The van der Waals surface area contributed by atoms with Crippen LogP contribution < -0.4 is 15.0 Å². The molecule has 1 N–H and O–H groups in total. The summed E-state index contributed by atoms with van der Waals surface area (Å²) in [6, 6.07) is 20.1. The Labute approximate surface area is 165 Å². The van der Waals surface area contributed by atoms with E-state index in [1.54, 1.807) is 13.3 Å². The maximum absolute atomic E-state index is 12.5. The van der Waals surface area contributed by atoms with Gasteiger partial charge in [-0.2, -0.15) is 0 Å². The zero-order chi connectivity index (χ0) is 19.5. The Balaban J connectivity index is 1.47. The summed E-state index contributed by atoms with van der Waals surface area (Å²) in [7, 11) is 1.63. The molecule has 0 saturated carbocycles. The molecule has 4 rings (SSSR count). The van der Waals surface area contributed by atoms with Gasteiger partial charge in [0.2, 0.25) is 0 Å². The van der Waals surface area contributed by atoms with Gasteiger partial charge in [-0.25, -0.2) is 4.98 Å². The van der Waals surface area contributed by atoms with Crippen LogP contribution in [0.2, 0.25) is 0 Å². The van der Waals surface area contributed by atoms with Crippen molar-refractivity contribution in [1.82, 2.24) is 10.3 Å². The number of nitrogens with zero attached hydrogens (tertiary/aromatic N) is 2. The Kier molecular flexibility index (Phi) is 4.98. The van der Waals surface area contributed by atoms with Crippen LogP contribution in [0.3, 0.4) is 0 Å². The number of methoxy groups -OCH3 is 1. The van der Waals surface area contributed by atoms with Crippen LogP contribution in [-0.2, 0) is 13.0 Å². The molecule has 1 aliphatic heterocycles. The number of fused-ring (bicyclic) bond motifs is 1. The Morgan fingerprint density at radius 3 is 2.71 bits per heavy atom. The topological polar surface area (TPSA) is 54.5 Å². The number of hydrogen-bond donors (Lipinski definition) is 1. The second kappa shape index (κ2) is 7.72. The number of para-hydroxylation sites is 2. The number of carbonyl (C=O) groups excluding carboxylic acids is 1. The molecule has 0 spiro atoms. The standard InChI is InChI=1S/C23H23N3O2/c1-16-13-17-7-3-5-9-20(17)26(16)22-12-11-19(15-24-22)23(27)25-14-18-8-4-6-10-21(18)28-2/h3-12,15-16H,13-14H2,1-2H3,(H,25,27). The second-order valence-corrected chi connectivity index (χ2v) is 6.95. The molecule has 2 aromatic carbocycles. The van der Waals surface area contributed by atoms with Crippen LogP contribution in [0.4, 0.5) is 11.5 Å². The van der Waals surface area contributed by atoms with Gasteiger partial charge in [-0.1, -0.05) is 36.4 Å². The van der Waals surface area contributed by atoms with Crippen LogP contribution in [0.15, 0.2) is 66.9 Å². The monoisotopic (exact) mass is 373 g/mol. The zero-order valence-corrected chi connectivity index (χ0v) is 16.1. The molecule has 1 unspecified atom stereocenters. The molecule has 0 saturated heterocycles. The van der Waals surface area contributed by atoms with Gasteiger partial charge in [-0.3, -0.25) is 4.79 Å². The highest BCUT2D eigenvalue weighted by Gasteiger charge is 2.27. The third-order valence-electron chi connectivity index (χ3n) is 5.10. The van der Waals surface area contributed by atoms with Gasteiger partial charge in [0.1, 0.15) is 11.6 Å². The number of anilines is 2. The van der Waals surface area contributed by atoms with Gasteiger partial charge >= 0.3 is 0 Å². The third kappa shape index (κ3) is 3.43. The molecule has 3 aromatic rings. The summed E-state index contributed by atoms with van der Waals surface area (Å²) in [4.78, 5) is 19.3. The Morgan fingerprint density at radius 1 is 1.14 bits per heavy atom. The Bertz CT molecular complexity index is 985. The van der Waals surface area contributed by atoms with E-state index in [1.165, 1.54) is 11.3 Å². The first-order valence-electron chi connectivity index (χ1n) is 9.40. The van der Waals surface area contributed by atoms with Crippen LogP contribution >= 0.6 is 0 Å². The van der Waals surface area contributed by atoms with E-state index in [9.17, 15) is 4.79 Å². The summed E-state index contributed by atoms with van der Waals surface area (Å²) in [5.41, 5.74) is 4.00. The first-order valence-corrected chi connectivity index (χ1v) is 9.40. The third-order valence-corrected chi connectivity index (χ3v) is 5.10. The molecule has 5 nitrogen and oxygen atoms in total. The highest BCUT2D eigenvalue weighted by Crippen LogP contribution is 2.36. The Hall–Kier alpha value is -3.34. The lowest BCUT2D eigenvalue weighted by Crippen LogP contribution is -2.26. The van der Waals surface area contributed by atoms with Gasteiger partial charge in [0.15, 0.2) is 0 Å². The van der Waals surface area contributed by atoms with E-state index in [-0.39, 0.29) is 5.91 Å². The van der Waals surface area contributed by atoms with Gasteiger partial charge in [-0.15, -0.1) is 0 Å². The molecule has 0 aliphatic carbocycles. The summed E-state index contributed by atoms with van der Waals surface area (Å²) in [6.07, 6.45) is 2.64. The first kappa shape index (κ1) is 18.0. The van der Waals surface area contributed by atoms with Crippen LogP contribution in [-0.4, -0.2) is 24.0 Å². The van der Waals surface area contributed by atoms with Crippen LogP contribution in [0.5, 0.6) is 5.75 Å². The predicted octanol–water partition coefficient (Wildman–Crippen LogP) is 4.10. The fraction of sp³-hybridized carbons (Fsp3) is 0.217. The highest BCUT2D eigenvalue weighted by molar-refractivity contribution is 5.94. The van der Waals surface area contributed by atoms with E-state index < -0.39 is 0 Å². The maximum Gasteiger partial charge on any atom is 0.253 e. The normalized spacial score (nSPS) is 15.2. The highest BCUT2D eigenvalue weighted by atomic mass is 16.5. The number of pyridine rings is 1. The minimum absolute atomic E-state index is 0.153. The SMILES string of the molecule is COc1ccccc1CNC(=O)c1ccc(N2c3ccccc3CC2C)nc1. The average Bonchev–Trinajstić information content (AvgIpc) is 3.08. The molecule has 5 heteroatoms. The van der Waals surface area contributed by atoms with Crippen molar-refractivity contribution in [3.8, 4) is 5.75 Å². The van der Waals surface area contributed by atoms with Crippen LogP contribution in [0.25, 0.3) is 0 Å². The summed E-state index contributed by atoms with van der Waals surface area (Å²) in [6.45, 7) is 2.59. The number of nitrogens with one attached hydrogen (secondary N) is 1. The molecule has 0 radical (unpaired) electrons. The first-order chi connectivity index (χ1) is 13.7. The van der Waals surface area contributed by atoms with E-state index in [4.69, 9.17) is 4.74 Å². The minimum Gasteiger partial charge on any atom is -0.496 e. The summed E-state index contributed by atoms with van der Waals surface area (Å²) in [5.74, 6) is 1.47. The maximum atomic E-state index is 12.5. The van der Waals surface area contributed by atoms with Crippen molar-refractivity contribution in [3.05, 3.63) is 83.6 Å². The molecule has 0 fully saturated rings. The molecule has 0 bridgehead atoms. The number of amides is 1. The van der Waals surface area contributed by atoms with Crippen molar-refractivity contribution in [2.24, 2.45) is 0 Å². The Morgan fingerprint density at radius 2 is 1.93 bits per heavy atom. The summed E-state index contributed by atoms with van der Waals surface area (Å²) < 4.78 is 5.33. The van der Waals surface area contributed by atoms with E-state index in [0.717, 1.165) is 23.6 Å². The van der Waals surface area contributed by atoms with Gasteiger partial charge in [0.25, 0.3) is 5.91 Å². The molecular formula is C23H23N3O2. The van der Waals surface area contributed by atoms with Crippen molar-refractivity contribution < 1.29 is 9.53 Å². The number of rotatable bonds is 5. The molecule has 1 atom stereocenters. The quantitative estimate of drug-likeness (QED) is 0.731. The van der Waals surface area contributed by atoms with Gasteiger partial charge in [0.05, 0.1) is 12.7 Å². The fourth-order valence-electron chi connectivity index (χ4n) is 3.70. The van der Waals surface area contributed by atoms with Gasteiger partial charge < -0.3 is 15.0 Å². The van der Waals surface area contributed by atoms with Crippen molar-refractivity contribution in [3.63, 3.8) is 0 Å². The van der Waals surface area contributed by atoms with Gasteiger partial charge in [0, 0.05) is 30.0 Å². The summed E-state index contributed by atoms with van der Waals surface area (Å²) >= 11 is 0. The molecule has 28 heavy (non-hydrogen) atoms. The lowest BCUT2D eigenvalue weighted by Gasteiger charge is -2.23. The van der Waals surface area contributed by atoms with E-state index >= 15 is 0 Å². The number of ether oxygens (including phenoxy) is 1. The van der Waals surface area contributed by atoms with Crippen molar-refractivity contribution >= 4 is 17.4 Å². The minimum atomic E-state index is -0.153. The second-order valence-electron chi connectivity index (χ2n) is 6.95. The van der Waals surface area contributed by atoms with Gasteiger partial charge in [-0.05, 0) is 43.2 Å². The fourth-order valence-corrected chi connectivity index (χ4v) is 3.70. The number of aromatic nitrogens is 1. The number of hydrogen-bond acceptors (Lipinski definition) is 4. The largest absolute Gasteiger partial charge is 0.496 e. The number of benzene rings is 2. The van der Waals surface area contributed by atoms with Crippen LogP contribution in [0, 0.1) is 0 Å². The average molecular weight is 373 g/mol. The van der Waals surface area contributed by atoms with Crippen LogP contribution in [0.1, 0.15) is 28.4 Å². The summed E-state index contributed by atoms with van der Waals surface area (Å²) in [5, 5.41) is 2.93. The zero-order valence-electron chi connectivity index (χ0n) is 16.1. The lowest BCUT2D eigenvalue weighted by molar-refractivity contribution is 0.0950. The van der Waals surface area contributed by atoms with Crippen molar-refractivity contribution in [2.75, 3.05) is 12.0 Å². The van der Waals surface area contributed by atoms with E-state index in [1.807, 2.05) is 42.5 Å². The molecule has 1 aromatic heterocycles. The lowest BCUT2D eigenvalue weighted by atomic mass is 10.1.